The molecule has 0 bridgehead atoms. The number of nitrogen functional groups attached to an aromatic ring is 2. The van der Waals surface area contributed by atoms with E-state index in [1.54, 1.807) is 18.2 Å². The Morgan fingerprint density at radius 1 is 1.19 bits per heavy atom. The molecule has 0 fully saturated rings. The number of carboxylic acids is 2. The summed E-state index contributed by atoms with van der Waals surface area (Å²) in [6.07, 6.45) is 1.29. The lowest BCUT2D eigenvalue weighted by Crippen LogP contribution is -2.40. The molecule has 0 aromatic carbocycles. The van der Waals surface area contributed by atoms with Crippen LogP contribution in [-0.2, 0) is 16.1 Å². The quantitative estimate of drug-likeness (QED) is 0.325. The molecule has 3 rings (SSSR count). The summed E-state index contributed by atoms with van der Waals surface area (Å²) in [5.41, 5.74) is 12.9. The van der Waals surface area contributed by atoms with Crippen LogP contribution in [-0.4, -0.2) is 48.6 Å². The third-order valence-corrected chi connectivity index (χ3v) is 6.03. The Hall–Kier alpha value is -3.67. The van der Waals surface area contributed by atoms with Gasteiger partial charge in [0.25, 0.3) is 5.91 Å². The number of nitrogens with zero attached hydrogens (tertiary/aromatic N) is 3. The summed E-state index contributed by atoms with van der Waals surface area (Å²) < 4.78 is 1.92. The van der Waals surface area contributed by atoms with Gasteiger partial charge in [0.1, 0.15) is 11.6 Å². The highest BCUT2D eigenvalue weighted by Gasteiger charge is 2.23. The Bertz CT molecular complexity index is 1140. The molecule has 0 aliphatic carbocycles. The van der Waals surface area contributed by atoms with Crippen molar-refractivity contribution in [2.75, 3.05) is 11.5 Å². The predicted octanol–water partition coefficient (Wildman–Crippen LogP) is 1.51. The van der Waals surface area contributed by atoms with Gasteiger partial charge < -0.3 is 31.6 Å². The second-order valence-electron chi connectivity index (χ2n) is 7.07. The van der Waals surface area contributed by atoms with Gasteiger partial charge in [-0.2, -0.15) is 4.98 Å². The largest absolute Gasteiger partial charge is 0.481 e. The fourth-order valence-corrected chi connectivity index (χ4v) is 4.14. The van der Waals surface area contributed by atoms with Crippen LogP contribution in [0.3, 0.4) is 0 Å². The van der Waals surface area contributed by atoms with Crippen molar-refractivity contribution in [3.05, 3.63) is 34.2 Å². The van der Waals surface area contributed by atoms with Gasteiger partial charge in [0, 0.05) is 30.0 Å². The smallest absolute Gasteiger partial charge is 0.326 e. The van der Waals surface area contributed by atoms with Gasteiger partial charge in [0.15, 0.2) is 5.82 Å². The van der Waals surface area contributed by atoms with E-state index in [1.165, 1.54) is 11.3 Å². The number of carbonyl (C=O) groups is 3. The molecular weight excluding hydrogens is 424 g/mol. The topological polar surface area (TPSA) is 186 Å². The number of rotatable bonds is 9. The van der Waals surface area contributed by atoms with Crippen molar-refractivity contribution >= 4 is 52.0 Å². The molecule has 0 saturated carbocycles. The molecule has 0 aliphatic heterocycles. The van der Waals surface area contributed by atoms with Crippen LogP contribution in [0.25, 0.3) is 11.0 Å². The number of nitrogens with two attached hydrogens (primary N) is 2. The number of anilines is 2. The summed E-state index contributed by atoms with van der Waals surface area (Å²) in [4.78, 5) is 43.8. The number of fused-ring (bicyclic) bond motifs is 1. The maximum atomic E-state index is 12.4. The monoisotopic (exact) mass is 446 g/mol. The van der Waals surface area contributed by atoms with Crippen molar-refractivity contribution in [1.82, 2.24) is 19.9 Å². The Balaban J connectivity index is 1.70. The summed E-state index contributed by atoms with van der Waals surface area (Å²) in [5.74, 6) is -2.56. The van der Waals surface area contributed by atoms with Crippen molar-refractivity contribution in [2.24, 2.45) is 0 Å². The number of nitrogens with one attached hydrogen (secondary N) is 1. The highest BCUT2D eigenvalue weighted by molar-refractivity contribution is 7.14. The van der Waals surface area contributed by atoms with Gasteiger partial charge in [0.2, 0.25) is 5.95 Å². The van der Waals surface area contributed by atoms with E-state index in [9.17, 15) is 19.5 Å². The first-order valence-corrected chi connectivity index (χ1v) is 10.2. The van der Waals surface area contributed by atoms with Gasteiger partial charge in [-0.15, -0.1) is 11.3 Å². The Morgan fingerprint density at radius 3 is 2.61 bits per heavy atom. The van der Waals surface area contributed by atoms with E-state index < -0.39 is 23.9 Å². The number of hydrogen-bond acceptors (Lipinski definition) is 8. The van der Waals surface area contributed by atoms with Crippen molar-refractivity contribution in [3.8, 4) is 0 Å². The lowest BCUT2D eigenvalue weighted by atomic mass is 10.1. The SMILES string of the molecule is CC(Cn1ccc2nc(N)nc(N)c21)c1ccc(C(=O)N[C@@H](CCC(=O)O)C(=O)O)s1. The second kappa shape index (κ2) is 9.00. The summed E-state index contributed by atoms with van der Waals surface area (Å²) >= 11 is 1.24. The molecule has 12 heteroatoms. The van der Waals surface area contributed by atoms with Gasteiger partial charge in [-0.1, -0.05) is 6.92 Å². The normalized spacial score (nSPS) is 13.1. The lowest BCUT2D eigenvalue weighted by Gasteiger charge is -2.13. The van der Waals surface area contributed by atoms with Gasteiger partial charge in [0.05, 0.1) is 10.4 Å². The van der Waals surface area contributed by atoms with Crippen molar-refractivity contribution in [1.29, 1.82) is 0 Å². The molecule has 3 aromatic rings. The molecule has 0 saturated heterocycles. The molecule has 0 radical (unpaired) electrons. The van der Waals surface area contributed by atoms with Gasteiger partial charge >= 0.3 is 11.9 Å². The van der Waals surface area contributed by atoms with Gasteiger partial charge in [-0.05, 0) is 24.6 Å². The standard InChI is InChI=1S/C19H22N6O5S/c1-9(8-25-7-6-10-15(25)16(20)24-19(21)23-10)12-3-4-13(31-12)17(28)22-11(18(29)30)2-5-14(26)27/h3-4,6-7,9,11H,2,5,8H2,1H3,(H,22,28)(H,26,27)(H,29,30)(H4,20,21,23,24)/t9?,11-/m0/s1. The zero-order valence-corrected chi connectivity index (χ0v) is 17.4. The Labute approximate surface area is 180 Å². The fourth-order valence-electron chi connectivity index (χ4n) is 3.19. The number of carbonyl (C=O) groups excluding carboxylic acids is 1. The molecular formula is C19H22N6O5S. The average Bonchev–Trinajstić information content (AvgIpc) is 3.32. The molecule has 2 atom stereocenters. The Morgan fingerprint density at radius 2 is 1.94 bits per heavy atom. The summed E-state index contributed by atoms with van der Waals surface area (Å²) in [7, 11) is 0. The van der Waals surface area contributed by atoms with Crippen molar-refractivity contribution in [2.45, 2.75) is 38.3 Å². The third kappa shape index (κ3) is 5.09. The van der Waals surface area contributed by atoms with Crippen LogP contribution in [0, 0.1) is 0 Å². The maximum Gasteiger partial charge on any atom is 0.326 e. The third-order valence-electron chi connectivity index (χ3n) is 4.71. The minimum absolute atomic E-state index is 0.0152. The lowest BCUT2D eigenvalue weighted by molar-refractivity contribution is -0.140. The number of amides is 1. The van der Waals surface area contributed by atoms with E-state index in [0.717, 1.165) is 4.88 Å². The van der Waals surface area contributed by atoms with Crippen molar-refractivity contribution in [3.63, 3.8) is 0 Å². The van der Waals surface area contributed by atoms with Crippen LogP contribution in [0.15, 0.2) is 24.4 Å². The first kappa shape index (κ1) is 22.0. The molecule has 164 valence electrons. The number of aromatic nitrogens is 3. The van der Waals surface area contributed by atoms with Crippen LogP contribution in [0.2, 0.25) is 0 Å². The van der Waals surface area contributed by atoms with Crippen molar-refractivity contribution < 1.29 is 24.6 Å². The minimum atomic E-state index is -1.28. The number of carboxylic acid groups (broad SMARTS) is 2. The summed E-state index contributed by atoms with van der Waals surface area (Å²) in [6.45, 7) is 2.54. The van der Waals surface area contributed by atoms with E-state index in [-0.39, 0.29) is 30.5 Å². The highest BCUT2D eigenvalue weighted by atomic mass is 32.1. The molecule has 3 heterocycles. The summed E-state index contributed by atoms with van der Waals surface area (Å²) in [6, 6.07) is 3.95. The fraction of sp³-hybridized carbons (Fsp3) is 0.316. The molecule has 3 aromatic heterocycles. The van der Waals surface area contributed by atoms with E-state index in [2.05, 4.69) is 15.3 Å². The molecule has 1 unspecified atom stereocenters. The molecule has 1 amide bonds. The zero-order chi connectivity index (χ0) is 22.7. The molecule has 0 spiro atoms. The first-order valence-electron chi connectivity index (χ1n) is 9.38. The number of aliphatic carboxylic acids is 2. The predicted molar refractivity (Wildman–Crippen MR) is 115 cm³/mol. The minimum Gasteiger partial charge on any atom is -0.481 e. The van der Waals surface area contributed by atoms with Crippen LogP contribution in [0.4, 0.5) is 11.8 Å². The van der Waals surface area contributed by atoms with Gasteiger partial charge in [-0.3, -0.25) is 9.59 Å². The number of hydrogen-bond donors (Lipinski definition) is 5. The molecule has 31 heavy (non-hydrogen) atoms. The summed E-state index contributed by atoms with van der Waals surface area (Å²) in [5, 5.41) is 20.3. The van der Waals surface area contributed by atoms with E-state index in [1.807, 2.05) is 17.7 Å². The van der Waals surface area contributed by atoms with E-state index in [0.29, 0.717) is 22.5 Å². The average molecular weight is 446 g/mol. The second-order valence-corrected chi connectivity index (χ2v) is 8.18. The van der Waals surface area contributed by atoms with E-state index >= 15 is 0 Å². The van der Waals surface area contributed by atoms with Crippen LogP contribution in [0.5, 0.6) is 0 Å². The Kier molecular flexibility index (Phi) is 6.39. The van der Waals surface area contributed by atoms with Gasteiger partial charge in [-0.25, -0.2) is 9.78 Å². The molecule has 7 N–H and O–H groups in total. The maximum absolute atomic E-state index is 12.4. The highest BCUT2D eigenvalue weighted by Crippen LogP contribution is 2.29. The zero-order valence-electron chi connectivity index (χ0n) is 16.6. The molecule has 0 aliphatic rings. The van der Waals surface area contributed by atoms with Crippen LogP contribution >= 0.6 is 11.3 Å². The number of thiophene rings is 1. The molecule has 11 nitrogen and oxygen atoms in total. The van der Waals surface area contributed by atoms with Crippen LogP contribution in [0.1, 0.15) is 40.2 Å². The van der Waals surface area contributed by atoms with E-state index in [4.69, 9.17) is 16.6 Å². The first-order chi connectivity index (χ1) is 14.7. The van der Waals surface area contributed by atoms with Crippen LogP contribution < -0.4 is 16.8 Å².